The van der Waals surface area contributed by atoms with Gasteiger partial charge in [0, 0.05) is 36.1 Å². The highest BCUT2D eigenvalue weighted by atomic mass is 35.5. The molecular formula is C24H21ClF3N5OS. The van der Waals surface area contributed by atoms with Gasteiger partial charge in [-0.1, -0.05) is 35.1 Å². The van der Waals surface area contributed by atoms with Gasteiger partial charge in [0.2, 0.25) is 5.88 Å². The maximum absolute atomic E-state index is 13.9. The van der Waals surface area contributed by atoms with E-state index in [2.05, 4.69) is 15.2 Å². The SMILES string of the molecule is N[C@@H]1CCCN(c2nc(O)c(C(Cc3ccc(Cl)cc3C(F)(F)F)=c3ccc4c(c3)C=NN=4)s2)C1. The summed E-state index contributed by atoms with van der Waals surface area (Å²) in [5.74, 6) is -0.222. The summed E-state index contributed by atoms with van der Waals surface area (Å²) in [5.41, 5.74) is 6.61. The van der Waals surface area contributed by atoms with Crippen LogP contribution in [-0.2, 0) is 12.6 Å². The number of alkyl halides is 3. The smallest absolute Gasteiger partial charge is 0.416 e. The number of fused-ring (bicyclic) bond motifs is 1. The van der Waals surface area contributed by atoms with Crippen LogP contribution in [-0.4, -0.2) is 35.4 Å². The van der Waals surface area contributed by atoms with Crippen LogP contribution in [0.4, 0.5) is 18.3 Å². The number of rotatable bonds is 4. The Kier molecular flexibility index (Phi) is 6.29. The van der Waals surface area contributed by atoms with Crippen molar-refractivity contribution in [1.29, 1.82) is 0 Å². The molecule has 1 fully saturated rings. The summed E-state index contributed by atoms with van der Waals surface area (Å²) < 4.78 is 41.6. The van der Waals surface area contributed by atoms with Crippen molar-refractivity contribution in [3.05, 3.63) is 73.6 Å². The zero-order chi connectivity index (χ0) is 24.7. The van der Waals surface area contributed by atoms with Crippen LogP contribution in [0.2, 0.25) is 5.02 Å². The van der Waals surface area contributed by atoms with Crippen molar-refractivity contribution < 1.29 is 18.3 Å². The maximum atomic E-state index is 13.9. The van der Waals surface area contributed by atoms with E-state index < -0.39 is 11.7 Å². The third kappa shape index (κ3) is 4.91. The Morgan fingerprint density at radius 3 is 2.83 bits per heavy atom. The van der Waals surface area contributed by atoms with Gasteiger partial charge in [-0.15, -0.1) is 0 Å². The lowest BCUT2D eigenvalue weighted by molar-refractivity contribution is -0.138. The van der Waals surface area contributed by atoms with Gasteiger partial charge in [0.25, 0.3) is 0 Å². The normalized spacial score (nSPS) is 18.4. The molecule has 3 N–H and O–H groups in total. The van der Waals surface area contributed by atoms with Gasteiger partial charge >= 0.3 is 6.18 Å². The van der Waals surface area contributed by atoms with Gasteiger partial charge in [0.1, 0.15) is 0 Å². The quantitative estimate of drug-likeness (QED) is 0.548. The van der Waals surface area contributed by atoms with Crippen LogP contribution in [0.5, 0.6) is 5.88 Å². The molecule has 0 radical (unpaired) electrons. The largest absolute Gasteiger partial charge is 0.492 e. The number of nitrogens with two attached hydrogens (primary N) is 1. The number of piperidine rings is 1. The first-order chi connectivity index (χ1) is 16.7. The third-order valence-electron chi connectivity index (χ3n) is 6.08. The van der Waals surface area contributed by atoms with Crippen LogP contribution in [0, 0.1) is 0 Å². The van der Waals surface area contributed by atoms with E-state index in [0.717, 1.165) is 31.0 Å². The van der Waals surface area contributed by atoms with E-state index in [1.165, 1.54) is 23.5 Å². The monoisotopic (exact) mass is 519 g/mol. The Balaban J connectivity index is 1.66. The second-order valence-corrected chi connectivity index (χ2v) is 9.98. The fourth-order valence-electron chi connectivity index (χ4n) is 4.38. The standard InChI is InChI=1S/C24H21ClF3N5OS/c25-16-5-3-14(19(10-16)24(26,27)28)9-18(13-4-6-20-15(8-13)11-30-32-20)21-22(34)31-23(35-21)33-7-1-2-17(29)12-33/h3-6,8,10-11,17,34H,1-2,7,9,12,29H2/t17-/m1/s1. The number of hydrogen-bond donors (Lipinski definition) is 2. The predicted octanol–water partition coefficient (Wildman–Crippen LogP) is 3.86. The Hall–Kier alpha value is -2.95. The molecule has 1 atom stereocenters. The molecule has 2 aliphatic rings. The Labute approximate surface area is 207 Å². The second kappa shape index (κ2) is 9.25. The van der Waals surface area contributed by atoms with Gasteiger partial charge in [0.05, 0.1) is 22.0 Å². The lowest BCUT2D eigenvalue weighted by Gasteiger charge is -2.30. The summed E-state index contributed by atoms with van der Waals surface area (Å²) in [4.78, 5) is 6.77. The molecule has 0 bridgehead atoms. The fraction of sp³-hybridized carbons (Fsp3) is 0.292. The Bertz CT molecular complexity index is 1440. The lowest BCUT2D eigenvalue weighted by atomic mass is 9.96. The molecule has 2 aliphatic heterocycles. The van der Waals surface area contributed by atoms with E-state index in [-0.39, 0.29) is 28.9 Å². The molecule has 6 nitrogen and oxygen atoms in total. The van der Waals surface area contributed by atoms with E-state index in [9.17, 15) is 18.3 Å². The van der Waals surface area contributed by atoms with Gasteiger partial charge in [-0.25, -0.2) is 0 Å². The van der Waals surface area contributed by atoms with Crippen LogP contribution in [0.3, 0.4) is 0 Å². The topological polar surface area (TPSA) is 87.1 Å². The second-order valence-electron chi connectivity index (χ2n) is 8.57. The average Bonchev–Trinajstić information content (AvgIpc) is 3.43. The summed E-state index contributed by atoms with van der Waals surface area (Å²) in [6.45, 7) is 1.36. The minimum Gasteiger partial charge on any atom is -0.492 e. The zero-order valence-electron chi connectivity index (χ0n) is 18.4. The van der Waals surface area contributed by atoms with Gasteiger partial charge in [-0.2, -0.15) is 28.4 Å². The van der Waals surface area contributed by atoms with E-state index in [1.807, 2.05) is 11.0 Å². The van der Waals surface area contributed by atoms with E-state index in [0.29, 0.717) is 32.7 Å². The van der Waals surface area contributed by atoms with Crippen molar-refractivity contribution in [3.63, 3.8) is 0 Å². The highest BCUT2D eigenvalue weighted by molar-refractivity contribution is 7.17. The number of aromatic hydroxyl groups is 1. The summed E-state index contributed by atoms with van der Waals surface area (Å²) >= 11 is 7.14. The molecular weight excluding hydrogens is 499 g/mol. The van der Waals surface area contributed by atoms with E-state index in [4.69, 9.17) is 17.3 Å². The first-order valence-electron chi connectivity index (χ1n) is 11.0. The molecule has 35 heavy (non-hydrogen) atoms. The van der Waals surface area contributed by atoms with Crippen molar-refractivity contribution in [2.45, 2.75) is 31.5 Å². The number of thiazole rings is 1. The molecule has 2 aromatic carbocycles. The number of benzene rings is 2. The summed E-state index contributed by atoms with van der Waals surface area (Å²) in [6.07, 6.45) is -1.27. The molecule has 1 saturated heterocycles. The van der Waals surface area contributed by atoms with Gasteiger partial charge < -0.3 is 15.7 Å². The predicted molar refractivity (Wildman–Crippen MR) is 131 cm³/mol. The average molecular weight is 520 g/mol. The maximum Gasteiger partial charge on any atom is 0.416 e. The van der Waals surface area contributed by atoms with Crippen molar-refractivity contribution in [2.24, 2.45) is 15.9 Å². The first-order valence-corrected chi connectivity index (χ1v) is 12.2. The summed E-state index contributed by atoms with van der Waals surface area (Å²) in [6, 6.07) is 9.07. The van der Waals surface area contributed by atoms with Crippen LogP contribution in [0.15, 0.2) is 46.6 Å². The molecule has 0 unspecified atom stereocenters. The molecule has 0 amide bonds. The highest BCUT2D eigenvalue weighted by Gasteiger charge is 2.34. The molecule has 0 spiro atoms. The van der Waals surface area contributed by atoms with Crippen LogP contribution < -0.4 is 21.2 Å². The third-order valence-corrected chi connectivity index (χ3v) is 7.48. The number of halogens is 4. The minimum absolute atomic E-state index is 0.00217. The molecule has 11 heteroatoms. The Morgan fingerprint density at radius 1 is 1.23 bits per heavy atom. The van der Waals surface area contributed by atoms with Gasteiger partial charge in [0.15, 0.2) is 5.13 Å². The molecule has 5 rings (SSSR count). The Morgan fingerprint density at radius 2 is 2.06 bits per heavy atom. The van der Waals surface area contributed by atoms with Crippen LogP contribution in [0.1, 0.15) is 34.4 Å². The van der Waals surface area contributed by atoms with E-state index in [1.54, 1.807) is 18.3 Å². The fourth-order valence-corrected chi connectivity index (χ4v) is 5.61. The molecule has 0 aliphatic carbocycles. The lowest BCUT2D eigenvalue weighted by Crippen LogP contribution is -2.42. The van der Waals surface area contributed by atoms with Gasteiger partial charge in [-0.3, -0.25) is 0 Å². The number of hydrogen-bond acceptors (Lipinski definition) is 7. The number of nitrogens with zero attached hydrogens (tertiary/aromatic N) is 4. The molecule has 0 saturated carbocycles. The molecule has 1 aromatic heterocycles. The van der Waals surface area contributed by atoms with Crippen molar-refractivity contribution in [2.75, 3.05) is 18.0 Å². The van der Waals surface area contributed by atoms with E-state index >= 15 is 0 Å². The van der Waals surface area contributed by atoms with Gasteiger partial charge in [-0.05, 0) is 53.5 Å². The zero-order valence-corrected chi connectivity index (χ0v) is 20.0. The van der Waals surface area contributed by atoms with Crippen LogP contribution in [0.25, 0.3) is 5.57 Å². The molecule has 182 valence electrons. The summed E-state index contributed by atoms with van der Waals surface area (Å²) in [5, 5.41) is 20.7. The summed E-state index contributed by atoms with van der Waals surface area (Å²) in [7, 11) is 0. The molecule has 3 aromatic rings. The first kappa shape index (κ1) is 23.8. The number of aromatic nitrogens is 1. The molecule has 3 heterocycles. The van der Waals surface area contributed by atoms with Crippen molar-refractivity contribution >= 4 is 39.9 Å². The van der Waals surface area contributed by atoms with Crippen LogP contribution >= 0.6 is 22.9 Å². The van der Waals surface area contributed by atoms with Crippen molar-refractivity contribution in [1.82, 2.24) is 4.98 Å². The van der Waals surface area contributed by atoms with Crippen molar-refractivity contribution in [3.8, 4) is 5.88 Å². The number of anilines is 1. The highest BCUT2D eigenvalue weighted by Crippen LogP contribution is 2.40. The minimum atomic E-state index is -4.58.